The minimum absolute atomic E-state index is 0.781. The summed E-state index contributed by atoms with van der Waals surface area (Å²) < 4.78 is 1.35. The van der Waals surface area contributed by atoms with Crippen molar-refractivity contribution >= 4 is 0 Å². The second-order valence-electron chi connectivity index (χ2n) is 5.63. The highest BCUT2D eigenvalue weighted by Crippen LogP contribution is 2.45. The van der Waals surface area contributed by atoms with Crippen LogP contribution in [-0.4, -0.2) is 31.2 Å². The summed E-state index contributed by atoms with van der Waals surface area (Å²) in [5.41, 5.74) is 0.781. The summed E-state index contributed by atoms with van der Waals surface area (Å²) in [7, 11) is 2.45. The van der Waals surface area contributed by atoms with Crippen LogP contribution in [0.5, 0.6) is 0 Å². The molecule has 2 fully saturated rings. The standard InChI is InChI=1S/C12H24N/c1-3-13(2)10-9-12(11-13)7-5-4-6-8-12/h3-11H2,1-2H3/q+1. The summed E-state index contributed by atoms with van der Waals surface area (Å²) in [5.74, 6) is 0. The fourth-order valence-electron chi connectivity index (χ4n) is 3.45. The molecule has 2 aliphatic rings. The van der Waals surface area contributed by atoms with Gasteiger partial charge >= 0.3 is 0 Å². The maximum absolute atomic E-state index is 2.45. The zero-order valence-corrected chi connectivity index (χ0v) is 9.31. The number of hydrogen-bond acceptors (Lipinski definition) is 0. The van der Waals surface area contributed by atoms with E-state index < -0.39 is 0 Å². The van der Waals surface area contributed by atoms with Gasteiger partial charge in [0.2, 0.25) is 0 Å². The molecule has 1 atom stereocenters. The highest BCUT2D eigenvalue weighted by atomic mass is 15.3. The topological polar surface area (TPSA) is 0 Å². The van der Waals surface area contributed by atoms with E-state index in [1.54, 1.807) is 0 Å². The predicted octanol–water partition coefficient (Wildman–Crippen LogP) is 2.81. The second-order valence-corrected chi connectivity index (χ2v) is 5.63. The molecule has 0 bridgehead atoms. The molecule has 1 spiro atoms. The van der Waals surface area contributed by atoms with Gasteiger partial charge in [-0.1, -0.05) is 19.3 Å². The summed E-state index contributed by atoms with van der Waals surface area (Å²) in [5, 5.41) is 0. The van der Waals surface area contributed by atoms with E-state index in [1.807, 2.05) is 0 Å². The van der Waals surface area contributed by atoms with Crippen molar-refractivity contribution in [2.24, 2.45) is 5.41 Å². The van der Waals surface area contributed by atoms with Crippen LogP contribution in [-0.2, 0) is 0 Å². The molecule has 1 unspecified atom stereocenters. The second kappa shape index (κ2) is 3.27. The van der Waals surface area contributed by atoms with Gasteiger partial charge in [-0.05, 0) is 19.8 Å². The normalized spacial score (nSPS) is 38.3. The van der Waals surface area contributed by atoms with Crippen molar-refractivity contribution in [1.82, 2.24) is 0 Å². The fourth-order valence-corrected chi connectivity index (χ4v) is 3.45. The lowest BCUT2D eigenvalue weighted by molar-refractivity contribution is -0.899. The van der Waals surface area contributed by atoms with E-state index in [4.69, 9.17) is 0 Å². The van der Waals surface area contributed by atoms with Gasteiger partial charge in [-0.3, -0.25) is 0 Å². The largest absolute Gasteiger partial charge is 0.326 e. The molecule has 0 aromatic rings. The van der Waals surface area contributed by atoms with E-state index in [1.165, 1.54) is 62.6 Å². The van der Waals surface area contributed by atoms with Crippen LogP contribution in [0.2, 0.25) is 0 Å². The number of hydrogen-bond donors (Lipinski definition) is 0. The highest BCUT2D eigenvalue weighted by molar-refractivity contribution is 4.86. The molecule has 0 aromatic carbocycles. The van der Waals surface area contributed by atoms with Gasteiger partial charge in [0.15, 0.2) is 0 Å². The van der Waals surface area contributed by atoms with Crippen molar-refractivity contribution in [2.75, 3.05) is 26.7 Å². The molecule has 1 heterocycles. The van der Waals surface area contributed by atoms with Gasteiger partial charge in [-0.25, -0.2) is 0 Å². The van der Waals surface area contributed by atoms with Crippen molar-refractivity contribution in [3.63, 3.8) is 0 Å². The van der Waals surface area contributed by atoms with Gasteiger partial charge in [0.05, 0.1) is 26.7 Å². The zero-order chi connectivity index (χ0) is 9.36. The van der Waals surface area contributed by atoms with E-state index in [2.05, 4.69) is 14.0 Å². The predicted molar refractivity (Wildman–Crippen MR) is 56.6 cm³/mol. The van der Waals surface area contributed by atoms with Crippen LogP contribution in [0.15, 0.2) is 0 Å². The average molecular weight is 182 g/mol. The molecule has 0 amide bonds. The first kappa shape index (κ1) is 9.51. The van der Waals surface area contributed by atoms with Crippen molar-refractivity contribution < 1.29 is 4.48 Å². The van der Waals surface area contributed by atoms with Crippen LogP contribution < -0.4 is 0 Å². The Labute approximate surface area is 82.7 Å². The Balaban J connectivity index is 2.02. The maximum atomic E-state index is 2.45. The van der Waals surface area contributed by atoms with Gasteiger partial charge in [0.1, 0.15) is 0 Å². The van der Waals surface area contributed by atoms with Crippen LogP contribution in [0.1, 0.15) is 45.4 Å². The summed E-state index contributed by atoms with van der Waals surface area (Å²) in [4.78, 5) is 0. The molecule has 1 aliphatic heterocycles. The third-order valence-corrected chi connectivity index (χ3v) is 4.58. The summed E-state index contributed by atoms with van der Waals surface area (Å²) in [6.45, 7) is 6.60. The van der Waals surface area contributed by atoms with Crippen LogP contribution in [0.25, 0.3) is 0 Å². The summed E-state index contributed by atoms with van der Waals surface area (Å²) in [6.07, 6.45) is 9.07. The van der Waals surface area contributed by atoms with Gasteiger partial charge in [0.25, 0.3) is 0 Å². The molecule has 0 N–H and O–H groups in total. The zero-order valence-electron chi connectivity index (χ0n) is 9.31. The van der Waals surface area contributed by atoms with Crippen LogP contribution in [0.4, 0.5) is 0 Å². The SMILES string of the molecule is CC[N+]1(C)CCC2(CCCCC2)C1. The van der Waals surface area contributed by atoms with Crippen LogP contribution in [0.3, 0.4) is 0 Å². The van der Waals surface area contributed by atoms with Crippen LogP contribution >= 0.6 is 0 Å². The molecule has 1 saturated heterocycles. The minimum atomic E-state index is 0.781. The van der Waals surface area contributed by atoms with Gasteiger partial charge in [-0.15, -0.1) is 0 Å². The fraction of sp³-hybridized carbons (Fsp3) is 1.00. The first-order valence-corrected chi connectivity index (χ1v) is 6.02. The van der Waals surface area contributed by atoms with E-state index >= 15 is 0 Å². The lowest BCUT2D eigenvalue weighted by Crippen LogP contribution is -2.43. The maximum Gasteiger partial charge on any atom is 0.0843 e. The molecule has 0 aromatic heterocycles. The van der Waals surface area contributed by atoms with E-state index in [0.29, 0.717) is 0 Å². The van der Waals surface area contributed by atoms with Gasteiger partial charge in [-0.2, -0.15) is 0 Å². The quantitative estimate of drug-likeness (QED) is 0.547. The van der Waals surface area contributed by atoms with Crippen molar-refractivity contribution in [3.05, 3.63) is 0 Å². The average Bonchev–Trinajstić information content (AvgIpc) is 2.47. The molecule has 1 saturated carbocycles. The number of quaternary nitrogens is 1. The molecular formula is C12H24N+. The Kier molecular flexibility index (Phi) is 2.39. The van der Waals surface area contributed by atoms with Gasteiger partial charge < -0.3 is 4.48 Å². The Bertz CT molecular complexity index is 182. The molecule has 0 radical (unpaired) electrons. The van der Waals surface area contributed by atoms with Gasteiger partial charge in [0, 0.05) is 11.8 Å². The van der Waals surface area contributed by atoms with E-state index in [0.717, 1.165) is 5.41 Å². The number of likely N-dealkylation sites (tertiary alicyclic amines) is 1. The summed E-state index contributed by atoms with van der Waals surface area (Å²) in [6, 6.07) is 0. The smallest absolute Gasteiger partial charge is 0.0843 e. The Morgan fingerprint density at radius 1 is 1.08 bits per heavy atom. The molecule has 1 nitrogen and oxygen atoms in total. The lowest BCUT2D eigenvalue weighted by atomic mass is 9.73. The number of rotatable bonds is 1. The third-order valence-electron chi connectivity index (χ3n) is 4.58. The minimum Gasteiger partial charge on any atom is -0.326 e. The highest BCUT2D eigenvalue weighted by Gasteiger charge is 2.45. The molecule has 76 valence electrons. The Hall–Kier alpha value is -0.0400. The third kappa shape index (κ3) is 1.76. The Morgan fingerprint density at radius 2 is 1.77 bits per heavy atom. The monoisotopic (exact) mass is 182 g/mol. The number of nitrogens with zero attached hydrogens (tertiary/aromatic N) is 1. The molecule has 1 heteroatoms. The van der Waals surface area contributed by atoms with Crippen LogP contribution in [0, 0.1) is 5.41 Å². The molecule has 13 heavy (non-hydrogen) atoms. The van der Waals surface area contributed by atoms with Crippen molar-refractivity contribution in [1.29, 1.82) is 0 Å². The lowest BCUT2D eigenvalue weighted by Gasteiger charge is -2.35. The Morgan fingerprint density at radius 3 is 2.31 bits per heavy atom. The molecule has 1 aliphatic carbocycles. The molecular weight excluding hydrogens is 158 g/mol. The first-order valence-electron chi connectivity index (χ1n) is 6.02. The molecule has 2 rings (SSSR count). The first-order chi connectivity index (χ1) is 6.18. The summed E-state index contributed by atoms with van der Waals surface area (Å²) >= 11 is 0. The van der Waals surface area contributed by atoms with E-state index in [-0.39, 0.29) is 0 Å². The van der Waals surface area contributed by atoms with Crippen molar-refractivity contribution in [3.8, 4) is 0 Å². The van der Waals surface area contributed by atoms with E-state index in [9.17, 15) is 0 Å². The van der Waals surface area contributed by atoms with Crippen molar-refractivity contribution in [2.45, 2.75) is 45.4 Å².